The van der Waals surface area contributed by atoms with E-state index in [0.29, 0.717) is 40.2 Å². The zero-order valence-electron chi connectivity index (χ0n) is 19.0. The van der Waals surface area contributed by atoms with Crippen molar-refractivity contribution >= 4 is 18.4 Å². The standard InChI is InChI=1S/C25H24N4O4S/c1-30-20-12-10-19(14-22(20)32-3)24-27-28-25(34)29(24)26-15-18-9-11-21(31-2)23(13-18)33-16-17-7-5-4-6-8-17/h4-15H,16H2,1-3H3,(H,28,34). The van der Waals surface area contributed by atoms with Crippen molar-refractivity contribution in [3.05, 3.63) is 82.6 Å². The molecule has 4 rings (SSSR count). The molecular weight excluding hydrogens is 452 g/mol. The average molecular weight is 477 g/mol. The third-order valence-electron chi connectivity index (χ3n) is 5.04. The van der Waals surface area contributed by atoms with Gasteiger partial charge in [-0.3, -0.25) is 0 Å². The van der Waals surface area contributed by atoms with Gasteiger partial charge in [0.2, 0.25) is 4.77 Å². The predicted octanol–water partition coefficient (Wildman–Crippen LogP) is 5.09. The summed E-state index contributed by atoms with van der Waals surface area (Å²) in [6, 6.07) is 21.0. The van der Waals surface area contributed by atoms with Crippen LogP contribution in [0.1, 0.15) is 11.1 Å². The van der Waals surface area contributed by atoms with Gasteiger partial charge in [0, 0.05) is 5.56 Å². The molecule has 1 aromatic heterocycles. The summed E-state index contributed by atoms with van der Waals surface area (Å²) >= 11 is 5.39. The molecule has 0 fully saturated rings. The van der Waals surface area contributed by atoms with Crippen LogP contribution in [-0.2, 0) is 6.61 Å². The number of hydrogen-bond donors (Lipinski definition) is 1. The van der Waals surface area contributed by atoms with Crippen LogP contribution >= 0.6 is 12.2 Å². The summed E-state index contributed by atoms with van der Waals surface area (Å²) < 4.78 is 24.1. The quantitative estimate of drug-likeness (QED) is 0.268. The molecule has 0 bridgehead atoms. The lowest BCUT2D eigenvalue weighted by molar-refractivity contribution is 0.284. The Hall–Kier alpha value is -4.11. The lowest BCUT2D eigenvalue weighted by atomic mass is 10.2. The monoisotopic (exact) mass is 476 g/mol. The van der Waals surface area contributed by atoms with Gasteiger partial charge in [-0.05, 0) is 59.7 Å². The molecular formula is C25H24N4O4S. The molecule has 1 N–H and O–H groups in total. The highest BCUT2D eigenvalue weighted by molar-refractivity contribution is 7.71. The molecule has 174 valence electrons. The molecule has 3 aromatic carbocycles. The molecule has 0 saturated heterocycles. The molecule has 0 unspecified atom stereocenters. The summed E-state index contributed by atoms with van der Waals surface area (Å²) in [6.07, 6.45) is 1.68. The molecule has 1 heterocycles. The van der Waals surface area contributed by atoms with Crippen LogP contribution in [0.4, 0.5) is 0 Å². The Morgan fingerprint density at radius 2 is 1.59 bits per heavy atom. The summed E-state index contributed by atoms with van der Waals surface area (Å²) in [4.78, 5) is 0. The smallest absolute Gasteiger partial charge is 0.216 e. The van der Waals surface area contributed by atoms with Crippen molar-refractivity contribution < 1.29 is 18.9 Å². The molecule has 34 heavy (non-hydrogen) atoms. The van der Waals surface area contributed by atoms with Crippen LogP contribution in [0.3, 0.4) is 0 Å². The summed E-state index contributed by atoms with van der Waals surface area (Å²) in [5.41, 5.74) is 2.64. The molecule has 4 aromatic rings. The first kappa shape index (κ1) is 23.1. The van der Waals surface area contributed by atoms with Gasteiger partial charge in [-0.2, -0.15) is 14.9 Å². The number of nitrogens with one attached hydrogen (secondary N) is 1. The Balaban J connectivity index is 1.61. The fourth-order valence-electron chi connectivity index (χ4n) is 3.31. The molecule has 0 radical (unpaired) electrons. The van der Waals surface area contributed by atoms with Gasteiger partial charge in [0.25, 0.3) is 0 Å². The summed E-state index contributed by atoms with van der Waals surface area (Å²) in [5.74, 6) is 3.00. The van der Waals surface area contributed by atoms with Crippen molar-refractivity contribution in [3.8, 4) is 34.4 Å². The van der Waals surface area contributed by atoms with E-state index in [1.807, 2.05) is 60.7 Å². The normalized spacial score (nSPS) is 10.9. The first-order valence-electron chi connectivity index (χ1n) is 10.4. The number of aromatic amines is 1. The SMILES string of the molecule is COc1ccc(-c2n[nH]c(=S)n2N=Cc2ccc(OC)c(OCc3ccccc3)c2)cc1OC. The second kappa shape index (κ2) is 10.7. The third-order valence-corrected chi connectivity index (χ3v) is 5.30. The van der Waals surface area contributed by atoms with Gasteiger partial charge in [-0.15, -0.1) is 0 Å². The van der Waals surface area contributed by atoms with Crippen LogP contribution in [0.15, 0.2) is 71.8 Å². The molecule has 0 aliphatic carbocycles. The van der Waals surface area contributed by atoms with Crippen LogP contribution in [0.2, 0.25) is 0 Å². The van der Waals surface area contributed by atoms with E-state index in [0.717, 1.165) is 16.7 Å². The maximum atomic E-state index is 6.00. The van der Waals surface area contributed by atoms with Crippen LogP contribution in [0, 0.1) is 4.77 Å². The Kier molecular flexibility index (Phi) is 7.24. The van der Waals surface area contributed by atoms with Crippen molar-refractivity contribution in [2.75, 3.05) is 21.3 Å². The van der Waals surface area contributed by atoms with Gasteiger partial charge in [-0.1, -0.05) is 30.3 Å². The maximum absolute atomic E-state index is 6.00. The van der Waals surface area contributed by atoms with Gasteiger partial charge in [0.05, 0.1) is 27.5 Å². The average Bonchev–Trinajstić information content (AvgIpc) is 3.26. The van der Waals surface area contributed by atoms with Crippen molar-refractivity contribution in [1.82, 2.24) is 14.9 Å². The Bertz CT molecular complexity index is 1350. The highest BCUT2D eigenvalue weighted by atomic mass is 32.1. The fraction of sp³-hybridized carbons (Fsp3) is 0.160. The minimum absolute atomic E-state index is 0.357. The molecule has 0 atom stereocenters. The van der Waals surface area contributed by atoms with Crippen LogP contribution in [0.25, 0.3) is 11.4 Å². The molecule has 0 amide bonds. The number of rotatable bonds is 9. The van der Waals surface area contributed by atoms with E-state index < -0.39 is 0 Å². The largest absolute Gasteiger partial charge is 0.493 e. The highest BCUT2D eigenvalue weighted by Gasteiger charge is 2.12. The molecule has 9 heteroatoms. The lowest BCUT2D eigenvalue weighted by Gasteiger charge is -2.11. The predicted molar refractivity (Wildman–Crippen MR) is 133 cm³/mol. The molecule has 0 aliphatic rings. The highest BCUT2D eigenvalue weighted by Crippen LogP contribution is 2.32. The summed E-state index contributed by atoms with van der Waals surface area (Å²) in [7, 11) is 4.78. The number of benzene rings is 3. The van der Waals surface area contributed by atoms with E-state index in [9.17, 15) is 0 Å². The van der Waals surface area contributed by atoms with Crippen LogP contribution in [0.5, 0.6) is 23.0 Å². The third kappa shape index (κ3) is 5.10. The summed E-state index contributed by atoms with van der Waals surface area (Å²) in [6.45, 7) is 0.425. The van der Waals surface area contributed by atoms with Gasteiger partial charge >= 0.3 is 0 Å². The van der Waals surface area contributed by atoms with Gasteiger partial charge in [0.15, 0.2) is 28.8 Å². The van der Waals surface area contributed by atoms with E-state index in [1.165, 1.54) is 0 Å². The fourth-order valence-corrected chi connectivity index (χ4v) is 3.49. The van der Waals surface area contributed by atoms with Crippen molar-refractivity contribution in [3.63, 3.8) is 0 Å². The van der Waals surface area contributed by atoms with Crippen molar-refractivity contribution in [2.24, 2.45) is 5.10 Å². The Morgan fingerprint density at radius 1 is 0.882 bits per heavy atom. The van der Waals surface area contributed by atoms with Gasteiger partial charge < -0.3 is 18.9 Å². The Morgan fingerprint density at radius 3 is 2.32 bits per heavy atom. The summed E-state index contributed by atoms with van der Waals surface area (Å²) in [5, 5.41) is 11.7. The van der Waals surface area contributed by atoms with Crippen LogP contribution in [-0.4, -0.2) is 42.4 Å². The van der Waals surface area contributed by atoms with E-state index >= 15 is 0 Å². The number of ether oxygens (including phenoxy) is 4. The van der Waals surface area contributed by atoms with Gasteiger partial charge in [0.1, 0.15) is 6.61 Å². The number of nitrogens with zero attached hydrogens (tertiary/aromatic N) is 3. The topological polar surface area (TPSA) is 82.9 Å². The second-order valence-corrected chi connectivity index (χ2v) is 7.55. The zero-order valence-corrected chi connectivity index (χ0v) is 19.8. The molecule has 8 nitrogen and oxygen atoms in total. The second-order valence-electron chi connectivity index (χ2n) is 7.16. The number of aromatic nitrogens is 3. The van der Waals surface area contributed by atoms with Crippen molar-refractivity contribution in [2.45, 2.75) is 6.61 Å². The Labute approximate surface area is 202 Å². The van der Waals surface area contributed by atoms with Gasteiger partial charge in [-0.25, -0.2) is 5.10 Å². The lowest BCUT2D eigenvalue weighted by Crippen LogP contribution is -1.99. The molecule has 0 spiro atoms. The van der Waals surface area contributed by atoms with E-state index in [1.54, 1.807) is 38.3 Å². The van der Waals surface area contributed by atoms with Crippen LogP contribution < -0.4 is 18.9 Å². The first-order chi connectivity index (χ1) is 16.6. The minimum Gasteiger partial charge on any atom is -0.493 e. The molecule has 0 saturated carbocycles. The van der Waals surface area contributed by atoms with E-state index in [4.69, 9.17) is 31.2 Å². The number of methoxy groups -OCH3 is 3. The number of H-pyrrole nitrogens is 1. The van der Waals surface area contributed by atoms with E-state index in [2.05, 4.69) is 15.3 Å². The van der Waals surface area contributed by atoms with E-state index in [-0.39, 0.29) is 0 Å². The zero-order chi connectivity index (χ0) is 23.9. The minimum atomic E-state index is 0.357. The first-order valence-corrected chi connectivity index (χ1v) is 10.8. The maximum Gasteiger partial charge on any atom is 0.216 e. The van der Waals surface area contributed by atoms with Crippen molar-refractivity contribution in [1.29, 1.82) is 0 Å². The number of hydrogen-bond acceptors (Lipinski definition) is 7. The molecule has 0 aliphatic heterocycles.